The first-order valence-electron chi connectivity index (χ1n) is 6.86. The third-order valence-corrected chi connectivity index (χ3v) is 3.79. The molecular formula is C13H24N4O. The van der Waals surface area contributed by atoms with Gasteiger partial charge in [-0.3, -0.25) is 4.90 Å². The summed E-state index contributed by atoms with van der Waals surface area (Å²) in [7, 11) is 2.07. The van der Waals surface area contributed by atoms with Crippen LogP contribution >= 0.6 is 0 Å². The molecule has 1 aliphatic rings. The van der Waals surface area contributed by atoms with Crippen molar-refractivity contribution in [3.63, 3.8) is 0 Å². The number of rotatable bonds is 4. The van der Waals surface area contributed by atoms with Crippen molar-refractivity contribution in [1.29, 1.82) is 0 Å². The molecule has 0 bridgehead atoms. The lowest BCUT2D eigenvalue weighted by molar-refractivity contribution is 0.0271. The fourth-order valence-electron chi connectivity index (χ4n) is 2.76. The second kappa shape index (κ2) is 5.80. The molecule has 2 rings (SSSR count). The summed E-state index contributed by atoms with van der Waals surface area (Å²) in [5, 5.41) is 14.3. The monoisotopic (exact) mass is 252 g/mol. The molecule has 2 atom stereocenters. The molecule has 1 aliphatic carbocycles. The van der Waals surface area contributed by atoms with E-state index in [4.69, 9.17) is 0 Å². The lowest BCUT2D eigenvalue weighted by atomic mass is 9.91. The van der Waals surface area contributed by atoms with E-state index in [-0.39, 0.29) is 12.1 Å². The van der Waals surface area contributed by atoms with Crippen molar-refractivity contribution in [2.24, 2.45) is 0 Å². The van der Waals surface area contributed by atoms with Crippen LogP contribution in [0.25, 0.3) is 0 Å². The van der Waals surface area contributed by atoms with Crippen LogP contribution in [0.1, 0.15) is 51.4 Å². The van der Waals surface area contributed by atoms with Crippen molar-refractivity contribution >= 4 is 0 Å². The predicted molar refractivity (Wildman–Crippen MR) is 70.1 cm³/mol. The van der Waals surface area contributed by atoms with Crippen molar-refractivity contribution in [2.45, 2.75) is 64.3 Å². The summed E-state index contributed by atoms with van der Waals surface area (Å²) in [5.41, 5.74) is 0. The standard InChI is InChI=1S/C13H24N4O/c1-10(2)17-13(14-9-15-17)8-16(3)11-6-4-5-7-12(11)18/h9-12,18H,4-8H2,1-3H3. The maximum atomic E-state index is 10.1. The summed E-state index contributed by atoms with van der Waals surface area (Å²) in [4.78, 5) is 6.54. The van der Waals surface area contributed by atoms with Crippen molar-refractivity contribution in [3.05, 3.63) is 12.2 Å². The van der Waals surface area contributed by atoms with E-state index in [1.807, 2.05) is 4.68 Å². The summed E-state index contributed by atoms with van der Waals surface area (Å²) in [6.45, 7) is 4.96. The van der Waals surface area contributed by atoms with Crippen LogP contribution in [0.3, 0.4) is 0 Å². The van der Waals surface area contributed by atoms with Crippen molar-refractivity contribution in [2.75, 3.05) is 7.05 Å². The highest BCUT2D eigenvalue weighted by Gasteiger charge is 2.27. The Balaban J connectivity index is 2.01. The highest BCUT2D eigenvalue weighted by atomic mass is 16.3. The van der Waals surface area contributed by atoms with Gasteiger partial charge in [-0.05, 0) is 33.7 Å². The van der Waals surface area contributed by atoms with E-state index in [0.717, 1.165) is 31.6 Å². The average Bonchev–Trinajstić information content (AvgIpc) is 2.77. The topological polar surface area (TPSA) is 54.2 Å². The number of aliphatic hydroxyl groups is 1. The number of hydrogen-bond donors (Lipinski definition) is 1. The van der Waals surface area contributed by atoms with Crippen LogP contribution in [0.15, 0.2) is 6.33 Å². The highest BCUT2D eigenvalue weighted by Crippen LogP contribution is 2.23. The fourth-order valence-corrected chi connectivity index (χ4v) is 2.76. The molecule has 1 saturated carbocycles. The van der Waals surface area contributed by atoms with Crippen molar-refractivity contribution in [1.82, 2.24) is 19.7 Å². The van der Waals surface area contributed by atoms with E-state index in [1.165, 1.54) is 6.42 Å². The normalized spacial score (nSPS) is 25.0. The second-order valence-corrected chi connectivity index (χ2v) is 5.55. The predicted octanol–water partition coefficient (Wildman–Crippen LogP) is 1.59. The van der Waals surface area contributed by atoms with Gasteiger partial charge in [-0.2, -0.15) is 5.10 Å². The number of aliphatic hydroxyl groups excluding tert-OH is 1. The number of nitrogens with zero attached hydrogens (tertiary/aromatic N) is 4. The van der Waals surface area contributed by atoms with E-state index in [1.54, 1.807) is 6.33 Å². The average molecular weight is 252 g/mol. The molecule has 0 amide bonds. The minimum Gasteiger partial charge on any atom is -0.391 e. The molecule has 0 aromatic carbocycles. The smallest absolute Gasteiger partial charge is 0.141 e. The zero-order chi connectivity index (χ0) is 13.1. The Morgan fingerprint density at radius 3 is 2.83 bits per heavy atom. The number of hydrogen-bond acceptors (Lipinski definition) is 4. The van der Waals surface area contributed by atoms with Gasteiger partial charge in [0, 0.05) is 12.1 Å². The summed E-state index contributed by atoms with van der Waals surface area (Å²) >= 11 is 0. The maximum absolute atomic E-state index is 10.1. The summed E-state index contributed by atoms with van der Waals surface area (Å²) in [5.74, 6) is 0.977. The Morgan fingerprint density at radius 2 is 2.17 bits per heavy atom. The van der Waals surface area contributed by atoms with Gasteiger partial charge >= 0.3 is 0 Å². The van der Waals surface area contributed by atoms with E-state index in [9.17, 15) is 5.11 Å². The molecule has 1 N–H and O–H groups in total. The van der Waals surface area contributed by atoms with Gasteiger partial charge in [0.2, 0.25) is 0 Å². The Bertz CT molecular complexity index is 377. The maximum Gasteiger partial charge on any atom is 0.141 e. The van der Waals surface area contributed by atoms with Gasteiger partial charge < -0.3 is 5.11 Å². The van der Waals surface area contributed by atoms with Gasteiger partial charge in [0.25, 0.3) is 0 Å². The third kappa shape index (κ3) is 2.90. The van der Waals surface area contributed by atoms with Crippen molar-refractivity contribution in [3.8, 4) is 0 Å². The number of aromatic nitrogens is 3. The molecule has 1 heterocycles. The summed E-state index contributed by atoms with van der Waals surface area (Å²) in [6, 6.07) is 0.586. The van der Waals surface area contributed by atoms with Crippen LogP contribution < -0.4 is 0 Å². The Hall–Kier alpha value is -0.940. The van der Waals surface area contributed by atoms with Crippen LogP contribution in [0, 0.1) is 0 Å². The molecule has 1 aromatic rings. The molecule has 5 nitrogen and oxygen atoms in total. The zero-order valence-electron chi connectivity index (χ0n) is 11.6. The minimum absolute atomic E-state index is 0.195. The molecule has 1 fully saturated rings. The van der Waals surface area contributed by atoms with E-state index in [2.05, 4.69) is 35.9 Å². The molecule has 2 unspecified atom stereocenters. The van der Waals surface area contributed by atoms with Gasteiger partial charge in [-0.15, -0.1) is 0 Å². The lowest BCUT2D eigenvalue weighted by Crippen LogP contribution is -2.43. The third-order valence-electron chi connectivity index (χ3n) is 3.79. The Morgan fingerprint density at radius 1 is 1.44 bits per heavy atom. The summed E-state index contributed by atoms with van der Waals surface area (Å²) in [6.07, 6.45) is 5.77. The second-order valence-electron chi connectivity index (χ2n) is 5.55. The molecular weight excluding hydrogens is 228 g/mol. The van der Waals surface area contributed by atoms with Crippen molar-refractivity contribution < 1.29 is 5.11 Å². The van der Waals surface area contributed by atoms with Gasteiger partial charge in [0.15, 0.2) is 0 Å². The van der Waals surface area contributed by atoms with Gasteiger partial charge in [-0.1, -0.05) is 12.8 Å². The Kier molecular flexibility index (Phi) is 4.35. The number of likely N-dealkylation sites (N-methyl/N-ethyl adjacent to an activating group) is 1. The highest BCUT2D eigenvalue weighted by molar-refractivity contribution is 4.90. The molecule has 0 saturated heterocycles. The van der Waals surface area contributed by atoms with E-state index < -0.39 is 0 Å². The summed E-state index contributed by atoms with van der Waals surface area (Å²) < 4.78 is 1.95. The minimum atomic E-state index is -0.195. The van der Waals surface area contributed by atoms with Crippen LogP contribution in [0.4, 0.5) is 0 Å². The first kappa shape index (κ1) is 13.5. The van der Waals surface area contributed by atoms with Crippen LogP contribution in [-0.4, -0.2) is 44.0 Å². The quantitative estimate of drug-likeness (QED) is 0.884. The van der Waals surface area contributed by atoms with Gasteiger partial charge in [0.1, 0.15) is 12.2 Å². The van der Waals surface area contributed by atoms with Crippen LogP contribution in [0.5, 0.6) is 0 Å². The van der Waals surface area contributed by atoms with Gasteiger partial charge in [-0.25, -0.2) is 9.67 Å². The molecule has 0 aliphatic heterocycles. The van der Waals surface area contributed by atoms with E-state index >= 15 is 0 Å². The van der Waals surface area contributed by atoms with Crippen LogP contribution in [0.2, 0.25) is 0 Å². The largest absolute Gasteiger partial charge is 0.391 e. The fraction of sp³-hybridized carbons (Fsp3) is 0.846. The van der Waals surface area contributed by atoms with Gasteiger partial charge in [0.05, 0.1) is 12.6 Å². The first-order chi connectivity index (χ1) is 8.59. The first-order valence-corrected chi connectivity index (χ1v) is 6.86. The van der Waals surface area contributed by atoms with Crippen LogP contribution in [-0.2, 0) is 6.54 Å². The molecule has 18 heavy (non-hydrogen) atoms. The zero-order valence-corrected chi connectivity index (χ0v) is 11.6. The molecule has 102 valence electrons. The molecule has 1 aromatic heterocycles. The molecule has 5 heteroatoms. The Labute approximate surface area is 109 Å². The molecule has 0 spiro atoms. The SMILES string of the molecule is CC(C)n1ncnc1CN(C)C1CCCCC1O. The lowest BCUT2D eigenvalue weighted by Gasteiger charge is -2.35. The van der Waals surface area contributed by atoms with E-state index in [0.29, 0.717) is 6.04 Å². The molecule has 0 radical (unpaired) electrons.